The monoisotopic (exact) mass is 496 g/mol. The largest absolute Gasteiger partial charge is 0.493 e. The van der Waals surface area contributed by atoms with E-state index in [0.29, 0.717) is 22.6 Å². The van der Waals surface area contributed by atoms with Crippen molar-refractivity contribution in [1.82, 2.24) is 5.43 Å². The molecule has 0 aromatic heterocycles. The van der Waals surface area contributed by atoms with Gasteiger partial charge in [-0.2, -0.15) is 5.10 Å². The summed E-state index contributed by atoms with van der Waals surface area (Å²) in [7, 11) is 1.47. The average molecular weight is 497 g/mol. The van der Waals surface area contributed by atoms with Gasteiger partial charge in [-0.1, -0.05) is 34.1 Å². The van der Waals surface area contributed by atoms with Gasteiger partial charge in [0.15, 0.2) is 18.1 Å². The van der Waals surface area contributed by atoms with Gasteiger partial charge in [-0.3, -0.25) is 4.79 Å². The van der Waals surface area contributed by atoms with Crippen LogP contribution in [-0.2, 0) is 4.79 Å². The molecule has 0 aliphatic carbocycles. The summed E-state index contributed by atoms with van der Waals surface area (Å²) in [5.41, 5.74) is 4.41. The van der Waals surface area contributed by atoms with Gasteiger partial charge in [0.2, 0.25) is 0 Å². The highest BCUT2D eigenvalue weighted by Crippen LogP contribution is 2.28. The molecule has 8 heteroatoms. The Bertz CT molecular complexity index is 1130. The lowest BCUT2D eigenvalue weighted by Gasteiger charge is -2.10. The standard InChI is InChI=1S/C24H21BrN2O5/c1-16-5-3-4-6-20(16)31-15-23(28)27-26-14-17-7-12-21(22(13-17)30-2)32-24(29)18-8-10-19(25)11-9-18/h3-14H,15H2,1-2H3,(H,27,28)/b26-14+. The molecule has 7 nitrogen and oxygen atoms in total. The Morgan fingerprint density at radius 1 is 1.00 bits per heavy atom. The summed E-state index contributed by atoms with van der Waals surface area (Å²) in [6.45, 7) is 1.75. The van der Waals surface area contributed by atoms with Crippen LogP contribution in [0.2, 0.25) is 0 Å². The van der Waals surface area contributed by atoms with Gasteiger partial charge >= 0.3 is 5.97 Å². The van der Waals surface area contributed by atoms with Gasteiger partial charge in [0.1, 0.15) is 5.75 Å². The van der Waals surface area contributed by atoms with E-state index in [2.05, 4.69) is 26.5 Å². The zero-order valence-corrected chi connectivity index (χ0v) is 19.1. The van der Waals surface area contributed by atoms with Crippen molar-refractivity contribution < 1.29 is 23.8 Å². The van der Waals surface area contributed by atoms with E-state index < -0.39 is 11.9 Å². The SMILES string of the molecule is COc1cc(/C=N/NC(=O)COc2ccccc2C)ccc1OC(=O)c1ccc(Br)cc1. The molecule has 32 heavy (non-hydrogen) atoms. The number of amides is 1. The van der Waals surface area contributed by atoms with Gasteiger partial charge in [-0.15, -0.1) is 0 Å². The molecule has 0 bridgehead atoms. The summed E-state index contributed by atoms with van der Waals surface area (Å²) in [6.07, 6.45) is 1.45. The predicted molar refractivity (Wildman–Crippen MR) is 125 cm³/mol. The average Bonchev–Trinajstić information content (AvgIpc) is 2.79. The van der Waals surface area contributed by atoms with Crippen LogP contribution in [0.15, 0.2) is 76.3 Å². The van der Waals surface area contributed by atoms with Gasteiger partial charge in [-0.25, -0.2) is 10.2 Å². The van der Waals surface area contributed by atoms with Gasteiger partial charge in [-0.05, 0) is 66.6 Å². The number of ether oxygens (including phenoxy) is 3. The van der Waals surface area contributed by atoms with Crippen molar-refractivity contribution in [3.05, 3.63) is 87.9 Å². The molecular weight excluding hydrogens is 476 g/mol. The van der Waals surface area contributed by atoms with Crippen LogP contribution in [-0.4, -0.2) is 31.8 Å². The van der Waals surface area contributed by atoms with Crippen LogP contribution in [0, 0.1) is 6.92 Å². The molecular formula is C24H21BrN2O5. The van der Waals surface area contributed by atoms with Crippen LogP contribution in [0.1, 0.15) is 21.5 Å². The van der Waals surface area contributed by atoms with Crippen molar-refractivity contribution in [1.29, 1.82) is 0 Å². The Kier molecular flexibility index (Phi) is 7.99. The molecule has 0 spiro atoms. The molecule has 0 saturated heterocycles. The molecule has 0 unspecified atom stereocenters. The summed E-state index contributed by atoms with van der Waals surface area (Å²) in [4.78, 5) is 24.3. The van der Waals surface area contributed by atoms with Crippen LogP contribution < -0.4 is 19.6 Å². The zero-order valence-electron chi connectivity index (χ0n) is 17.5. The number of esters is 1. The molecule has 0 aliphatic heterocycles. The van der Waals surface area contributed by atoms with E-state index in [1.165, 1.54) is 13.3 Å². The van der Waals surface area contributed by atoms with E-state index in [0.717, 1.165) is 10.0 Å². The second-order valence-corrected chi connectivity index (χ2v) is 7.57. The van der Waals surface area contributed by atoms with Crippen LogP contribution in [0.25, 0.3) is 0 Å². The van der Waals surface area contributed by atoms with Crippen molar-refractivity contribution in [3.8, 4) is 17.2 Å². The smallest absolute Gasteiger partial charge is 0.343 e. The minimum atomic E-state index is -0.502. The van der Waals surface area contributed by atoms with E-state index in [1.54, 1.807) is 48.5 Å². The first kappa shape index (κ1) is 23.0. The van der Waals surface area contributed by atoms with E-state index in [-0.39, 0.29) is 12.4 Å². The number of hydrogen-bond acceptors (Lipinski definition) is 6. The molecule has 0 fully saturated rings. The van der Waals surface area contributed by atoms with Crippen LogP contribution >= 0.6 is 15.9 Å². The lowest BCUT2D eigenvalue weighted by Crippen LogP contribution is -2.24. The number of rotatable bonds is 8. The molecule has 0 saturated carbocycles. The van der Waals surface area contributed by atoms with E-state index in [9.17, 15) is 9.59 Å². The lowest BCUT2D eigenvalue weighted by atomic mass is 10.2. The fourth-order valence-corrected chi connectivity index (χ4v) is 2.93. The number of methoxy groups -OCH3 is 1. The van der Waals surface area contributed by atoms with Gasteiger partial charge in [0.25, 0.3) is 5.91 Å². The molecule has 3 aromatic rings. The number of benzene rings is 3. The maximum Gasteiger partial charge on any atom is 0.343 e. The molecule has 0 aliphatic rings. The van der Waals surface area contributed by atoms with E-state index in [4.69, 9.17) is 14.2 Å². The number of carbonyl (C=O) groups is 2. The van der Waals surface area contributed by atoms with Crippen molar-refractivity contribution in [3.63, 3.8) is 0 Å². The number of para-hydroxylation sites is 1. The van der Waals surface area contributed by atoms with Crippen molar-refractivity contribution >= 4 is 34.0 Å². The number of halogens is 1. The lowest BCUT2D eigenvalue weighted by molar-refractivity contribution is -0.123. The summed E-state index contributed by atoms with van der Waals surface area (Å²) in [5.74, 6) is 0.376. The summed E-state index contributed by atoms with van der Waals surface area (Å²) >= 11 is 3.33. The number of carbonyl (C=O) groups excluding carboxylic acids is 2. The molecule has 3 aromatic carbocycles. The Labute approximate surface area is 194 Å². The van der Waals surface area contributed by atoms with E-state index in [1.807, 2.05) is 25.1 Å². The highest BCUT2D eigenvalue weighted by Gasteiger charge is 2.13. The molecule has 1 N–H and O–H groups in total. The van der Waals surface area contributed by atoms with Crippen molar-refractivity contribution in [2.75, 3.05) is 13.7 Å². The summed E-state index contributed by atoms with van der Waals surface area (Å²) in [6, 6.07) is 19.2. The quantitative estimate of drug-likeness (QED) is 0.214. The topological polar surface area (TPSA) is 86.2 Å². The van der Waals surface area contributed by atoms with Gasteiger partial charge < -0.3 is 14.2 Å². The Morgan fingerprint density at radius 3 is 2.47 bits per heavy atom. The van der Waals surface area contributed by atoms with Crippen LogP contribution in [0.5, 0.6) is 17.2 Å². The first-order valence-corrected chi connectivity index (χ1v) is 10.4. The molecule has 164 valence electrons. The number of hydrogen-bond donors (Lipinski definition) is 1. The Balaban J connectivity index is 1.57. The Hall–Kier alpha value is -3.65. The maximum atomic E-state index is 12.3. The molecule has 0 atom stereocenters. The van der Waals surface area contributed by atoms with Crippen molar-refractivity contribution in [2.45, 2.75) is 6.92 Å². The third-order valence-corrected chi connectivity index (χ3v) is 4.85. The number of aryl methyl sites for hydroxylation is 1. The van der Waals surface area contributed by atoms with Gasteiger partial charge in [0.05, 0.1) is 18.9 Å². The van der Waals surface area contributed by atoms with Crippen LogP contribution in [0.4, 0.5) is 0 Å². The normalized spacial score (nSPS) is 10.6. The minimum Gasteiger partial charge on any atom is -0.493 e. The third kappa shape index (κ3) is 6.42. The van der Waals surface area contributed by atoms with E-state index >= 15 is 0 Å². The molecule has 3 rings (SSSR count). The molecule has 0 heterocycles. The highest BCUT2D eigenvalue weighted by molar-refractivity contribution is 9.10. The number of nitrogens with one attached hydrogen (secondary N) is 1. The first-order chi connectivity index (χ1) is 15.5. The first-order valence-electron chi connectivity index (χ1n) is 9.62. The minimum absolute atomic E-state index is 0.156. The Morgan fingerprint density at radius 2 is 1.75 bits per heavy atom. The summed E-state index contributed by atoms with van der Waals surface area (Å²) in [5, 5.41) is 3.93. The third-order valence-electron chi connectivity index (χ3n) is 4.33. The fourth-order valence-electron chi connectivity index (χ4n) is 2.67. The number of nitrogens with zero attached hydrogens (tertiary/aromatic N) is 1. The van der Waals surface area contributed by atoms with Gasteiger partial charge in [0, 0.05) is 4.47 Å². The maximum absolute atomic E-state index is 12.3. The second kappa shape index (κ2) is 11.1. The fraction of sp³-hybridized carbons (Fsp3) is 0.125. The predicted octanol–water partition coefficient (Wildman–Crippen LogP) is 4.51. The van der Waals surface area contributed by atoms with Crippen molar-refractivity contribution in [2.24, 2.45) is 5.10 Å². The zero-order chi connectivity index (χ0) is 22.9. The molecule has 0 radical (unpaired) electrons. The number of hydrazone groups is 1. The highest BCUT2D eigenvalue weighted by atomic mass is 79.9. The summed E-state index contributed by atoms with van der Waals surface area (Å²) < 4.78 is 17.1. The molecule has 1 amide bonds. The van der Waals surface area contributed by atoms with Crippen LogP contribution in [0.3, 0.4) is 0 Å². The second-order valence-electron chi connectivity index (χ2n) is 6.65.